The first-order chi connectivity index (χ1) is 12.1. The molecule has 0 bridgehead atoms. The lowest BCUT2D eigenvalue weighted by Gasteiger charge is -2.35. The number of nitrogens with zero attached hydrogens (tertiary/aromatic N) is 4. The van der Waals surface area contributed by atoms with Crippen LogP contribution in [0, 0.1) is 6.92 Å². The van der Waals surface area contributed by atoms with Crippen LogP contribution in [0.25, 0.3) is 22.4 Å². The Morgan fingerprint density at radius 2 is 1.92 bits per heavy atom. The van der Waals surface area contributed by atoms with Crippen molar-refractivity contribution in [3.05, 3.63) is 42.1 Å². The van der Waals surface area contributed by atoms with Crippen molar-refractivity contribution in [1.82, 2.24) is 19.9 Å². The Balaban J connectivity index is 1.64. The molecule has 0 aliphatic carbocycles. The zero-order valence-electron chi connectivity index (χ0n) is 14.5. The average Bonchev–Trinajstić information content (AvgIpc) is 3.06. The molecule has 3 heterocycles. The van der Waals surface area contributed by atoms with E-state index in [2.05, 4.69) is 20.9 Å². The molecule has 6 nitrogen and oxygen atoms in total. The summed E-state index contributed by atoms with van der Waals surface area (Å²) in [5.41, 5.74) is 4.15. The SMILES string of the molecule is CC(=O)N1CCN(c2cc(-c3nc4ccccc4[nH]3)c(C)cn2)CC1. The normalized spacial score (nSPS) is 15.0. The first-order valence-electron chi connectivity index (χ1n) is 8.54. The van der Waals surface area contributed by atoms with E-state index < -0.39 is 0 Å². The van der Waals surface area contributed by atoms with Gasteiger partial charge in [0.2, 0.25) is 5.91 Å². The van der Waals surface area contributed by atoms with Gasteiger partial charge in [-0.25, -0.2) is 9.97 Å². The quantitative estimate of drug-likeness (QED) is 0.782. The van der Waals surface area contributed by atoms with Crippen molar-refractivity contribution in [2.45, 2.75) is 13.8 Å². The number of anilines is 1. The Hall–Kier alpha value is -2.89. The molecule has 1 aromatic carbocycles. The Labute approximate surface area is 146 Å². The molecule has 6 heteroatoms. The molecule has 4 rings (SSSR count). The second-order valence-electron chi connectivity index (χ2n) is 6.45. The average molecular weight is 335 g/mol. The molecule has 1 aliphatic heterocycles. The molecular weight excluding hydrogens is 314 g/mol. The van der Waals surface area contributed by atoms with Crippen LogP contribution in [0.4, 0.5) is 5.82 Å². The maximum Gasteiger partial charge on any atom is 0.219 e. The molecule has 0 atom stereocenters. The van der Waals surface area contributed by atoms with Gasteiger partial charge in [-0.3, -0.25) is 4.79 Å². The van der Waals surface area contributed by atoms with Crippen molar-refractivity contribution < 1.29 is 4.79 Å². The van der Waals surface area contributed by atoms with Gasteiger partial charge in [0.25, 0.3) is 0 Å². The van der Waals surface area contributed by atoms with E-state index in [9.17, 15) is 4.79 Å². The number of H-pyrrole nitrogens is 1. The third kappa shape index (κ3) is 2.95. The number of nitrogens with one attached hydrogen (secondary N) is 1. The molecule has 0 spiro atoms. The van der Waals surface area contributed by atoms with Gasteiger partial charge in [-0.2, -0.15) is 0 Å². The minimum Gasteiger partial charge on any atom is -0.353 e. The summed E-state index contributed by atoms with van der Waals surface area (Å²) in [7, 11) is 0. The Kier molecular flexibility index (Phi) is 3.87. The lowest BCUT2D eigenvalue weighted by Crippen LogP contribution is -2.48. The highest BCUT2D eigenvalue weighted by Gasteiger charge is 2.20. The van der Waals surface area contributed by atoms with Crippen LogP contribution < -0.4 is 4.90 Å². The number of imidazole rings is 1. The molecule has 2 aromatic heterocycles. The van der Waals surface area contributed by atoms with E-state index in [-0.39, 0.29) is 5.91 Å². The number of pyridine rings is 1. The monoisotopic (exact) mass is 335 g/mol. The number of para-hydroxylation sites is 2. The Morgan fingerprint density at radius 1 is 1.16 bits per heavy atom. The van der Waals surface area contributed by atoms with Crippen LogP contribution in [0.15, 0.2) is 36.5 Å². The van der Waals surface area contributed by atoms with Crippen molar-refractivity contribution in [2.24, 2.45) is 0 Å². The Morgan fingerprint density at radius 3 is 2.64 bits per heavy atom. The van der Waals surface area contributed by atoms with E-state index >= 15 is 0 Å². The second kappa shape index (κ2) is 6.20. The van der Waals surface area contributed by atoms with Crippen LogP contribution in [-0.4, -0.2) is 51.9 Å². The molecule has 128 valence electrons. The molecule has 1 aliphatic rings. The van der Waals surface area contributed by atoms with Gasteiger partial charge in [-0.15, -0.1) is 0 Å². The van der Waals surface area contributed by atoms with Gasteiger partial charge >= 0.3 is 0 Å². The zero-order valence-corrected chi connectivity index (χ0v) is 14.5. The number of hydrogen-bond donors (Lipinski definition) is 1. The molecule has 0 radical (unpaired) electrons. The van der Waals surface area contributed by atoms with Gasteiger partial charge in [0, 0.05) is 44.9 Å². The lowest BCUT2D eigenvalue weighted by molar-refractivity contribution is -0.129. The molecule has 1 amide bonds. The van der Waals surface area contributed by atoms with Crippen molar-refractivity contribution in [2.75, 3.05) is 31.1 Å². The van der Waals surface area contributed by atoms with Gasteiger partial charge < -0.3 is 14.8 Å². The number of rotatable bonds is 2. The zero-order chi connectivity index (χ0) is 17.4. The van der Waals surface area contributed by atoms with E-state index in [0.717, 1.165) is 60.0 Å². The first kappa shape index (κ1) is 15.6. The van der Waals surface area contributed by atoms with E-state index in [1.54, 1.807) is 6.92 Å². The summed E-state index contributed by atoms with van der Waals surface area (Å²) in [6, 6.07) is 10.1. The van der Waals surface area contributed by atoms with Crippen molar-refractivity contribution in [1.29, 1.82) is 0 Å². The number of benzene rings is 1. The van der Waals surface area contributed by atoms with Crippen LogP contribution in [-0.2, 0) is 4.79 Å². The molecule has 1 fully saturated rings. The van der Waals surface area contributed by atoms with E-state index in [1.165, 1.54) is 0 Å². The van der Waals surface area contributed by atoms with Crippen molar-refractivity contribution >= 4 is 22.8 Å². The highest BCUT2D eigenvalue weighted by atomic mass is 16.2. The predicted molar refractivity (Wildman–Crippen MR) is 98.5 cm³/mol. The Bertz CT molecular complexity index is 891. The summed E-state index contributed by atoms with van der Waals surface area (Å²) in [6.45, 7) is 6.76. The summed E-state index contributed by atoms with van der Waals surface area (Å²) in [5, 5.41) is 0. The lowest BCUT2D eigenvalue weighted by atomic mass is 10.1. The number of carbonyl (C=O) groups excluding carboxylic acids is 1. The maximum atomic E-state index is 11.5. The molecule has 1 N–H and O–H groups in total. The van der Waals surface area contributed by atoms with Gasteiger partial charge in [0.1, 0.15) is 11.6 Å². The van der Waals surface area contributed by atoms with Crippen molar-refractivity contribution in [3.63, 3.8) is 0 Å². The number of amides is 1. The van der Waals surface area contributed by atoms with E-state index in [1.807, 2.05) is 42.3 Å². The number of aromatic nitrogens is 3. The number of carbonyl (C=O) groups is 1. The fourth-order valence-electron chi connectivity index (χ4n) is 3.27. The molecule has 3 aromatic rings. The highest BCUT2D eigenvalue weighted by molar-refractivity contribution is 5.80. The first-order valence-corrected chi connectivity index (χ1v) is 8.54. The summed E-state index contributed by atoms with van der Waals surface area (Å²) in [4.78, 5) is 28.3. The molecule has 25 heavy (non-hydrogen) atoms. The van der Waals surface area contributed by atoms with Gasteiger partial charge in [-0.1, -0.05) is 12.1 Å². The fourth-order valence-corrected chi connectivity index (χ4v) is 3.27. The standard InChI is InChI=1S/C19H21N5O/c1-13-12-20-18(24-9-7-23(8-10-24)14(2)25)11-15(13)19-21-16-5-3-4-6-17(16)22-19/h3-6,11-12H,7-10H2,1-2H3,(H,21,22). The number of aryl methyl sites for hydroxylation is 1. The second-order valence-corrected chi connectivity index (χ2v) is 6.45. The third-order valence-corrected chi connectivity index (χ3v) is 4.78. The predicted octanol–water partition coefficient (Wildman–Crippen LogP) is 2.60. The van der Waals surface area contributed by atoms with E-state index in [4.69, 9.17) is 4.98 Å². The van der Waals surface area contributed by atoms with Gasteiger partial charge in [-0.05, 0) is 30.7 Å². The summed E-state index contributed by atoms with van der Waals surface area (Å²) in [5.74, 6) is 1.94. The smallest absolute Gasteiger partial charge is 0.219 e. The van der Waals surface area contributed by atoms with Crippen LogP contribution in [0.2, 0.25) is 0 Å². The van der Waals surface area contributed by atoms with Gasteiger partial charge in [0.05, 0.1) is 11.0 Å². The number of hydrogen-bond acceptors (Lipinski definition) is 4. The molecule has 0 unspecified atom stereocenters. The summed E-state index contributed by atoms with van der Waals surface area (Å²) >= 11 is 0. The molecular formula is C19H21N5O. The minimum absolute atomic E-state index is 0.138. The number of aromatic amines is 1. The van der Waals surface area contributed by atoms with Crippen LogP contribution in [0.1, 0.15) is 12.5 Å². The van der Waals surface area contributed by atoms with Crippen LogP contribution in [0.5, 0.6) is 0 Å². The topological polar surface area (TPSA) is 65.1 Å². The largest absolute Gasteiger partial charge is 0.353 e. The summed E-state index contributed by atoms with van der Waals surface area (Å²) in [6.07, 6.45) is 1.90. The number of piperazine rings is 1. The maximum absolute atomic E-state index is 11.5. The van der Waals surface area contributed by atoms with Crippen molar-refractivity contribution in [3.8, 4) is 11.4 Å². The van der Waals surface area contributed by atoms with E-state index in [0.29, 0.717) is 0 Å². The minimum atomic E-state index is 0.138. The van der Waals surface area contributed by atoms with Gasteiger partial charge in [0.15, 0.2) is 0 Å². The summed E-state index contributed by atoms with van der Waals surface area (Å²) < 4.78 is 0. The third-order valence-electron chi connectivity index (χ3n) is 4.78. The fraction of sp³-hybridized carbons (Fsp3) is 0.316. The molecule has 1 saturated heterocycles. The van der Waals surface area contributed by atoms with Crippen LogP contribution >= 0.6 is 0 Å². The highest BCUT2D eigenvalue weighted by Crippen LogP contribution is 2.27. The molecule has 0 saturated carbocycles. The number of fused-ring (bicyclic) bond motifs is 1. The van der Waals surface area contributed by atoms with Crippen LogP contribution in [0.3, 0.4) is 0 Å².